The van der Waals surface area contributed by atoms with E-state index in [1.807, 2.05) is 12.1 Å². The lowest BCUT2D eigenvalue weighted by atomic mass is 10.1. The number of rotatable bonds is 1. The second kappa shape index (κ2) is 3.67. The summed E-state index contributed by atoms with van der Waals surface area (Å²) in [5.41, 5.74) is 1.06. The predicted octanol–water partition coefficient (Wildman–Crippen LogP) is 3.38. The highest BCUT2D eigenvalue weighted by Crippen LogP contribution is 2.25. The maximum Gasteiger partial charge on any atom is 0.254 e. The van der Waals surface area contributed by atoms with Crippen LogP contribution in [0.25, 0.3) is 10.9 Å². The van der Waals surface area contributed by atoms with Gasteiger partial charge >= 0.3 is 0 Å². The van der Waals surface area contributed by atoms with Crippen LogP contribution in [0.3, 0.4) is 0 Å². The molecule has 0 saturated carbocycles. The van der Waals surface area contributed by atoms with E-state index in [1.54, 1.807) is 18.3 Å². The smallest absolute Gasteiger partial charge is 0.254 e. The first kappa shape index (κ1) is 9.62. The molecule has 2 nitrogen and oxygen atoms in total. The van der Waals surface area contributed by atoms with E-state index in [0.29, 0.717) is 11.1 Å². The van der Waals surface area contributed by atoms with Crippen molar-refractivity contribution in [1.29, 1.82) is 0 Å². The summed E-state index contributed by atoms with van der Waals surface area (Å²) in [7, 11) is 0. The Morgan fingerprint density at radius 1 is 1.36 bits per heavy atom. The van der Waals surface area contributed by atoms with Gasteiger partial charge in [0.1, 0.15) is 0 Å². The summed E-state index contributed by atoms with van der Waals surface area (Å²) < 4.78 is 0.905. The number of benzene rings is 1. The highest BCUT2D eigenvalue weighted by atomic mass is 79.9. The molecule has 0 atom stereocenters. The minimum absolute atomic E-state index is 0.436. The second-order valence-corrected chi connectivity index (χ2v) is 3.97. The molecule has 0 N–H and O–H groups in total. The van der Waals surface area contributed by atoms with Gasteiger partial charge in [-0.25, -0.2) is 0 Å². The van der Waals surface area contributed by atoms with Crippen LogP contribution in [-0.2, 0) is 0 Å². The van der Waals surface area contributed by atoms with Gasteiger partial charge in [-0.2, -0.15) is 0 Å². The van der Waals surface area contributed by atoms with Gasteiger partial charge in [-0.05, 0) is 29.8 Å². The van der Waals surface area contributed by atoms with E-state index < -0.39 is 5.24 Å². The van der Waals surface area contributed by atoms with E-state index in [2.05, 4.69) is 20.9 Å². The van der Waals surface area contributed by atoms with Crippen molar-refractivity contribution in [3.8, 4) is 0 Å². The van der Waals surface area contributed by atoms with Gasteiger partial charge in [0.2, 0.25) is 0 Å². The summed E-state index contributed by atoms with van der Waals surface area (Å²) in [5, 5.41) is 0.403. The topological polar surface area (TPSA) is 30.0 Å². The fraction of sp³-hybridized carbons (Fsp3) is 0. The Hall–Kier alpha value is -0.930. The van der Waals surface area contributed by atoms with Crippen molar-refractivity contribution in [2.24, 2.45) is 0 Å². The van der Waals surface area contributed by atoms with Gasteiger partial charge in [0.25, 0.3) is 5.24 Å². The zero-order valence-electron chi connectivity index (χ0n) is 7.00. The van der Waals surface area contributed by atoms with Crippen LogP contribution in [0.5, 0.6) is 0 Å². The van der Waals surface area contributed by atoms with Crippen LogP contribution < -0.4 is 0 Å². The maximum absolute atomic E-state index is 11.1. The third kappa shape index (κ3) is 1.53. The molecular weight excluding hydrogens is 265 g/mol. The molecule has 1 aromatic carbocycles. The molecule has 0 fully saturated rings. The summed E-state index contributed by atoms with van der Waals surface area (Å²) in [5.74, 6) is 0. The number of hydrogen-bond acceptors (Lipinski definition) is 2. The van der Waals surface area contributed by atoms with Crippen LogP contribution >= 0.6 is 27.5 Å². The SMILES string of the molecule is O=C(Cl)c1ccc(Br)c2cccnc12. The number of hydrogen-bond donors (Lipinski definition) is 0. The van der Waals surface area contributed by atoms with Crippen LogP contribution in [0, 0.1) is 0 Å². The Bertz CT molecular complexity index is 512. The number of carbonyl (C=O) groups is 1. The Balaban J connectivity index is 2.88. The van der Waals surface area contributed by atoms with Crippen molar-refractivity contribution in [3.05, 3.63) is 40.5 Å². The van der Waals surface area contributed by atoms with Crippen molar-refractivity contribution < 1.29 is 4.79 Å². The zero-order valence-corrected chi connectivity index (χ0v) is 9.34. The molecule has 0 radical (unpaired) electrons. The number of nitrogens with zero attached hydrogens (tertiary/aromatic N) is 1. The molecule has 0 amide bonds. The van der Waals surface area contributed by atoms with Crippen LogP contribution in [0.1, 0.15) is 10.4 Å². The Labute approximate surface area is 94.0 Å². The lowest BCUT2D eigenvalue weighted by molar-refractivity contribution is 0.108. The van der Waals surface area contributed by atoms with Gasteiger partial charge in [-0.1, -0.05) is 22.0 Å². The molecule has 0 unspecified atom stereocenters. The molecule has 0 aliphatic carbocycles. The van der Waals surface area contributed by atoms with E-state index in [-0.39, 0.29) is 0 Å². The van der Waals surface area contributed by atoms with Gasteiger partial charge in [0.05, 0.1) is 11.1 Å². The molecule has 0 bridgehead atoms. The molecule has 2 rings (SSSR count). The van der Waals surface area contributed by atoms with Crippen LogP contribution in [0.4, 0.5) is 0 Å². The van der Waals surface area contributed by atoms with E-state index in [4.69, 9.17) is 11.6 Å². The highest BCUT2D eigenvalue weighted by molar-refractivity contribution is 9.10. The van der Waals surface area contributed by atoms with E-state index >= 15 is 0 Å². The Kier molecular flexibility index (Phi) is 2.52. The number of halogens is 2. The fourth-order valence-corrected chi connectivity index (χ4v) is 1.90. The van der Waals surface area contributed by atoms with E-state index in [0.717, 1.165) is 9.86 Å². The lowest BCUT2D eigenvalue weighted by Gasteiger charge is -2.02. The van der Waals surface area contributed by atoms with Crippen LogP contribution in [-0.4, -0.2) is 10.2 Å². The quantitative estimate of drug-likeness (QED) is 0.744. The number of pyridine rings is 1. The summed E-state index contributed by atoms with van der Waals surface area (Å²) in [6.45, 7) is 0. The molecule has 0 spiro atoms. The molecule has 4 heteroatoms. The van der Waals surface area contributed by atoms with Gasteiger partial charge in [0.15, 0.2) is 0 Å². The molecule has 0 saturated heterocycles. The van der Waals surface area contributed by atoms with E-state index in [1.165, 1.54) is 0 Å². The van der Waals surface area contributed by atoms with Crippen molar-refractivity contribution in [1.82, 2.24) is 4.98 Å². The maximum atomic E-state index is 11.1. The minimum Gasteiger partial charge on any atom is -0.276 e. The van der Waals surface area contributed by atoms with Gasteiger partial charge in [0, 0.05) is 16.1 Å². The van der Waals surface area contributed by atoms with E-state index in [9.17, 15) is 4.79 Å². The van der Waals surface area contributed by atoms with Crippen LogP contribution in [0.15, 0.2) is 34.9 Å². The van der Waals surface area contributed by atoms with Gasteiger partial charge in [-0.3, -0.25) is 9.78 Å². The molecule has 14 heavy (non-hydrogen) atoms. The van der Waals surface area contributed by atoms with Gasteiger partial charge < -0.3 is 0 Å². The standard InChI is InChI=1S/C10H5BrClNO/c11-8-4-3-7(10(12)14)9-6(8)2-1-5-13-9/h1-5H. The third-order valence-corrected chi connectivity index (χ3v) is 2.82. The zero-order chi connectivity index (χ0) is 10.1. The Morgan fingerprint density at radius 2 is 2.14 bits per heavy atom. The molecule has 1 aromatic heterocycles. The molecule has 1 heterocycles. The van der Waals surface area contributed by atoms with Crippen molar-refractivity contribution in [2.75, 3.05) is 0 Å². The first-order chi connectivity index (χ1) is 6.70. The van der Waals surface area contributed by atoms with Crippen molar-refractivity contribution in [2.45, 2.75) is 0 Å². The predicted molar refractivity (Wildman–Crippen MR) is 59.6 cm³/mol. The first-order valence-electron chi connectivity index (χ1n) is 3.93. The largest absolute Gasteiger partial charge is 0.276 e. The molecular formula is C10H5BrClNO. The minimum atomic E-state index is -0.485. The molecule has 0 aliphatic heterocycles. The summed E-state index contributed by atoms with van der Waals surface area (Å²) in [6.07, 6.45) is 1.64. The average Bonchev–Trinajstić information content (AvgIpc) is 2.18. The fourth-order valence-electron chi connectivity index (χ4n) is 1.30. The number of fused-ring (bicyclic) bond motifs is 1. The van der Waals surface area contributed by atoms with Crippen molar-refractivity contribution >= 4 is 43.7 Å². The number of carbonyl (C=O) groups excluding carboxylic acids is 1. The summed E-state index contributed by atoms with van der Waals surface area (Å²) >= 11 is 8.83. The third-order valence-electron chi connectivity index (χ3n) is 1.93. The summed E-state index contributed by atoms with van der Waals surface area (Å²) in [4.78, 5) is 15.2. The normalized spacial score (nSPS) is 10.4. The molecule has 0 aliphatic rings. The Morgan fingerprint density at radius 3 is 2.86 bits per heavy atom. The lowest BCUT2D eigenvalue weighted by Crippen LogP contribution is -1.92. The number of aromatic nitrogens is 1. The second-order valence-electron chi connectivity index (χ2n) is 2.77. The average molecular weight is 271 g/mol. The van der Waals surface area contributed by atoms with Crippen molar-refractivity contribution in [3.63, 3.8) is 0 Å². The highest BCUT2D eigenvalue weighted by Gasteiger charge is 2.09. The molecule has 2 aromatic rings. The van der Waals surface area contributed by atoms with Gasteiger partial charge in [-0.15, -0.1) is 0 Å². The first-order valence-corrected chi connectivity index (χ1v) is 5.10. The van der Waals surface area contributed by atoms with Crippen LogP contribution in [0.2, 0.25) is 0 Å². The molecule has 70 valence electrons. The summed E-state index contributed by atoms with van der Waals surface area (Å²) in [6, 6.07) is 7.15. The monoisotopic (exact) mass is 269 g/mol.